The molecule has 0 amide bonds. The average Bonchev–Trinajstić information content (AvgIpc) is 2.73. The highest BCUT2D eigenvalue weighted by molar-refractivity contribution is 7.17. The summed E-state index contributed by atoms with van der Waals surface area (Å²) in [6, 6.07) is 7.73. The predicted molar refractivity (Wildman–Crippen MR) is 63.8 cm³/mol. The number of rotatable bonds is 4. The molecular formula is C12H12O3S. The molecule has 1 N–H and O–H groups in total. The summed E-state index contributed by atoms with van der Waals surface area (Å²) in [5, 5.41) is 11.3. The smallest absolute Gasteiger partial charge is 0.339 e. The van der Waals surface area contributed by atoms with Crippen LogP contribution >= 0.6 is 11.3 Å². The Morgan fingerprint density at radius 1 is 1.38 bits per heavy atom. The Balaban J connectivity index is 2.17. The summed E-state index contributed by atoms with van der Waals surface area (Å²) >= 11 is 1.53. The van der Waals surface area contributed by atoms with Crippen LogP contribution in [0.3, 0.4) is 0 Å². The average molecular weight is 236 g/mol. The largest absolute Gasteiger partial charge is 0.462 e. The lowest BCUT2D eigenvalue weighted by Crippen LogP contribution is -2.06. The molecule has 1 aromatic carbocycles. The highest BCUT2D eigenvalue weighted by atomic mass is 32.1. The summed E-state index contributed by atoms with van der Waals surface area (Å²) in [6.45, 7) is 0.303. The van der Waals surface area contributed by atoms with Gasteiger partial charge in [-0.15, -0.1) is 11.3 Å². The number of benzene rings is 1. The van der Waals surface area contributed by atoms with Crippen LogP contribution in [-0.4, -0.2) is 24.3 Å². The minimum Gasteiger partial charge on any atom is -0.462 e. The Morgan fingerprint density at radius 2 is 2.19 bits per heavy atom. The van der Waals surface area contributed by atoms with Gasteiger partial charge in [0.2, 0.25) is 0 Å². The van der Waals surface area contributed by atoms with E-state index in [9.17, 15) is 4.79 Å². The first-order valence-electron chi connectivity index (χ1n) is 5.07. The summed E-state index contributed by atoms with van der Waals surface area (Å²) in [5.74, 6) is -0.314. The molecule has 0 saturated heterocycles. The number of fused-ring (bicyclic) bond motifs is 1. The molecular weight excluding hydrogens is 224 g/mol. The van der Waals surface area contributed by atoms with Crippen molar-refractivity contribution in [3.05, 3.63) is 35.2 Å². The molecule has 0 bridgehead atoms. The summed E-state index contributed by atoms with van der Waals surface area (Å²) in [4.78, 5) is 11.7. The third kappa shape index (κ3) is 2.23. The van der Waals surface area contributed by atoms with Gasteiger partial charge in [-0.05, 0) is 6.07 Å². The molecule has 0 saturated carbocycles. The van der Waals surface area contributed by atoms with Crippen LogP contribution in [0, 0.1) is 0 Å². The number of carbonyl (C=O) groups excluding carboxylic acids is 1. The minimum absolute atomic E-state index is 0.0393. The quantitative estimate of drug-likeness (QED) is 0.655. The van der Waals surface area contributed by atoms with Crippen LogP contribution in [0.1, 0.15) is 16.8 Å². The van der Waals surface area contributed by atoms with E-state index in [0.717, 1.165) is 10.1 Å². The Labute approximate surface area is 97.3 Å². The van der Waals surface area contributed by atoms with Gasteiger partial charge in [0.1, 0.15) is 0 Å². The predicted octanol–water partition coefficient (Wildman–Crippen LogP) is 2.44. The van der Waals surface area contributed by atoms with Gasteiger partial charge in [0.15, 0.2) is 0 Å². The molecule has 0 spiro atoms. The van der Waals surface area contributed by atoms with Crippen LogP contribution in [0.2, 0.25) is 0 Å². The molecule has 84 valence electrons. The lowest BCUT2D eigenvalue weighted by Gasteiger charge is -2.02. The van der Waals surface area contributed by atoms with Gasteiger partial charge in [0.25, 0.3) is 0 Å². The normalized spacial score (nSPS) is 10.6. The molecule has 0 aliphatic heterocycles. The molecule has 0 aliphatic rings. The monoisotopic (exact) mass is 236 g/mol. The van der Waals surface area contributed by atoms with E-state index < -0.39 is 0 Å². The molecule has 1 heterocycles. The number of hydrogen-bond donors (Lipinski definition) is 1. The van der Waals surface area contributed by atoms with Gasteiger partial charge in [-0.25, -0.2) is 4.79 Å². The Hall–Kier alpha value is -1.39. The van der Waals surface area contributed by atoms with E-state index in [1.54, 1.807) is 0 Å². The number of aliphatic hydroxyl groups excluding tert-OH is 1. The van der Waals surface area contributed by atoms with E-state index in [1.807, 2.05) is 29.6 Å². The van der Waals surface area contributed by atoms with Gasteiger partial charge in [-0.2, -0.15) is 0 Å². The molecule has 0 unspecified atom stereocenters. The van der Waals surface area contributed by atoms with Crippen molar-refractivity contribution in [1.82, 2.24) is 0 Å². The van der Waals surface area contributed by atoms with Crippen molar-refractivity contribution < 1.29 is 14.6 Å². The maximum atomic E-state index is 11.7. The molecule has 3 nitrogen and oxygen atoms in total. The molecule has 2 aromatic rings. The van der Waals surface area contributed by atoms with Crippen molar-refractivity contribution in [3.63, 3.8) is 0 Å². The fourth-order valence-corrected chi connectivity index (χ4v) is 2.37. The SMILES string of the molecule is O=C(OCCCO)c1csc2ccccc12. The van der Waals surface area contributed by atoms with Crippen molar-refractivity contribution in [1.29, 1.82) is 0 Å². The van der Waals surface area contributed by atoms with Gasteiger partial charge in [0.05, 0.1) is 12.2 Å². The molecule has 0 fully saturated rings. The van der Waals surface area contributed by atoms with Crippen molar-refractivity contribution in [2.45, 2.75) is 6.42 Å². The number of aliphatic hydroxyl groups is 1. The third-order valence-corrected chi connectivity index (χ3v) is 3.20. The molecule has 16 heavy (non-hydrogen) atoms. The zero-order chi connectivity index (χ0) is 11.4. The zero-order valence-electron chi connectivity index (χ0n) is 8.68. The first-order valence-corrected chi connectivity index (χ1v) is 5.95. The van der Waals surface area contributed by atoms with Crippen LogP contribution in [0.25, 0.3) is 10.1 Å². The van der Waals surface area contributed by atoms with Gasteiger partial charge in [-0.1, -0.05) is 18.2 Å². The van der Waals surface area contributed by atoms with Crippen LogP contribution < -0.4 is 0 Å². The number of hydrogen-bond acceptors (Lipinski definition) is 4. The second kappa shape index (κ2) is 5.09. The molecule has 0 aliphatic carbocycles. The second-order valence-electron chi connectivity index (χ2n) is 3.36. The van der Waals surface area contributed by atoms with E-state index in [2.05, 4.69) is 0 Å². The van der Waals surface area contributed by atoms with E-state index in [4.69, 9.17) is 9.84 Å². The van der Waals surface area contributed by atoms with Crippen molar-refractivity contribution in [3.8, 4) is 0 Å². The van der Waals surface area contributed by atoms with Crippen molar-refractivity contribution >= 4 is 27.4 Å². The van der Waals surface area contributed by atoms with Gasteiger partial charge in [-0.3, -0.25) is 0 Å². The standard InChI is InChI=1S/C12H12O3S/c13-6-3-7-15-12(14)10-8-16-11-5-2-1-4-9(10)11/h1-2,4-5,8,13H,3,6-7H2. The number of esters is 1. The lowest BCUT2D eigenvalue weighted by molar-refractivity contribution is 0.0485. The number of ether oxygens (including phenoxy) is 1. The highest BCUT2D eigenvalue weighted by Gasteiger charge is 2.12. The maximum absolute atomic E-state index is 11.7. The second-order valence-corrected chi connectivity index (χ2v) is 4.27. The van der Waals surface area contributed by atoms with E-state index in [-0.39, 0.29) is 19.2 Å². The van der Waals surface area contributed by atoms with E-state index in [0.29, 0.717) is 12.0 Å². The Kier molecular flexibility index (Phi) is 3.54. The summed E-state index contributed by atoms with van der Waals surface area (Å²) < 4.78 is 6.12. The lowest BCUT2D eigenvalue weighted by atomic mass is 10.2. The van der Waals surface area contributed by atoms with Crippen molar-refractivity contribution in [2.75, 3.05) is 13.2 Å². The van der Waals surface area contributed by atoms with Crippen LogP contribution in [0.4, 0.5) is 0 Å². The van der Waals surface area contributed by atoms with Crippen LogP contribution in [0.15, 0.2) is 29.6 Å². The molecule has 1 aromatic heterocycles. The molecule has 4 heteroatoms. The van der Waals surface area contributed by atoms with Crippen LogP contribution in [0.5, 0.6) is 0 Å². The highest BCUT2D eigenvalue weighted by Crippen LogP contribution is 2.26. The third-order valence-electron chi connectivity index (χ3n) is 2.24. The number of carbonyl (C=O) groups is 1. The molecule has 0 atom stereocenters. The van der Waals surface area contributed by atoms with Gasteiger partial charge < -0.3 is 9.84 Å². The first kappa shape index (κ1) is 11.1. The van der Waals surface area contributed by atoms with Crippen molar-refractivity contribution in [2.24, 2.45) is 0 Å². The summed E-state index contributed by atoms with van der Waals surface area (Å²) in [7, 11) is 0. The van der Waals surface area contributed by atoms with Gasteiger partial charge in [0, 0.05) is 28.5 Å². The fourth-order valence-electron chi connectivity index (χ4n) is 1.44. The number of thiophene rings is 1. The molecule has 0 radical (unpaired) electrons. The zero-order valence-corrected chi connectivity index (χ0v) is 9.50. The summed E-state index contributed by atoms with van der Waals surface area (Å²) in [5.41, 5.74) is 0.610. The Morgan fingerprint density at radius 3 is 3.00 bits per heavy atom. The molecule has 2 rings (SSSR count). The van der Waals surface area contributed by atoms with Crippen LogP contribution in [-0.2, 0) is 4.74 Å². The fraction of sp³-hybridized carbons (Fsp3) is 0.250. The Bertz CT molecular complexity index is 490. The first-order chi connectivity index (χ1) is 7.83. The maximum Gasteiger partial charge on any atom is 0.339 e. The minimum atomic E-state index is -0.314. The van der Waals surface area contributed by atoms with Gasteiger partial charge >= 0.3 is 5.97 Å². The summed E-state index contributed by atoms with van der Waals surface area (Å²) in [6.07, 6.45) is 0.480. The topological polar surface area (TPSA) is 46.5 Å². The van der Waals surface area contributed by atoms with E-state index >= 15 is 0 Å². The van der Waals surface area contributed by atoms with E-state index in [1.165, 1.54) is 11.3 Å².